The number of nitrogens with zero attached hydrogens (tertiary/aromatic N) is 1. The minimum atomic E-state index is -0.934. The SMILES string of the molecule is CCN(CCC(=O)O)C(=O)C1CSC(=O)N1. The maximum absolute atomic E-state index is 11.8. The van der Waals surface area contributed by atoms with Crippen LogP contribution in [0.4, 0.5) is 4.79 Å². The van der Waals surface area contributed by atoms with Gasteiger partial charge >= 0.3 is 5.97 Å². The van der Waals surface area contributed by atoms with Crippen molar-refractivity contribution in [2.24, 2.45) is 0 Å². The molecule has 0 aromatic rings. The minimum Gasteiger partial charge on any atom is -0.481 e. The lowest BCUT2D eigenvalue weighted by atomic mass is 10.2. The minimum absolute atomic E-state index is 0.0760. The van der Waals surface area contributed by atoms with Crippen molar-refractivity contribution >= 4 is 28.9 Å². The first kappa shape index (κ1) is 12.8. The van der Waals surface area contributed by atoms with Crippen molar-refractivity contribution in [2.75, 3.05) is 18.8 Å². The molecule has 1 atom stereocenters. The van der Waals surface area contributed by atoms with Gasteiger partial charge in [0.25, 0.3) is 5.24 Å². The van der Waals surface area contributed by atoms with E-state index in [-0.39, 0.29) is 24.1 Å². The Kier molecular flexibility index (Phi) is 4.60. The molecular weight excluding hydrogens is 232 g/mol. The molecule has 1 heterocycles. The molecule has 16 heavy (non-hydrogen) atoms. The van der Waals surface area contributed by atoms with E-state index >= 15 is 0 Å². The molecule has 1 aliphatic rings. The molecule has 7 heteroatoms. The van der Waals surface area contributed by atoms with E-state index in [0.29, 0.717) is 12.3 Å². The number of hydrogen-bond donors (Lipinski definition) is 2. The van der Waals surface area contributed by atoms with Crippen LogP contribution in [-0.4, -0.2) is 52.0 Å². The highest BCUT2D eigenvalue weighted by molar-refractivity contribution is 8.14. The van der Waals surface area contributed by atoms with Gasteiger partial charge in [-0.05, 0) is 6.92 Å². The molecule has 1 unspecified atom stereocenters. The molecule has 1 rings (SSSR count). The third-order valence-electron chi connectivity index (χ3n) is 2.26. The second-order valence-electron chi connectivity index (χ2n) is 3.36. The summed E-state index contributed by atoms with van der Waals surface area (Å²) in [5, 5.41) is 10.9. The maximum atomic E-state index is 11.8. The van der Waals surface area contributed by atoms with Crippen LogP contribution in [0.5, 0.6) is 0 Å². The van der Waals surface area contributed by atoms with Crippen LogP contribution >= 0.6 is 11.8 Å². The van der Waals surface area contributed by atoms with Gasteiger partial charge in [-0.1, -0.05) is 11.8 Å². The first-order valence-corrected chi connectivity index (χ1v) is 5.97. The van der Waals surface area contributed by atoms with Crippen molar-refractivity contribution < 1.29 is 19.5 Å². The maximum Gasteiger partial charge on any atom is 0.305 e. The van der Waals surface area contributed by atoms with Gasteiger partial charge in [0.1, 0.15) is 6.04 Å². The van der Waals surface area contributed by atoms with Crippen LogP contribution in [0.2, 0.25) is 0 Å². The zero-order valence-electron chi connectivity index (χ0n) is 8.93. The zero-order chi connectivity index (χ0) is 12.1. The lowest BCUT2D eigenvalue weighted by molar-refractivity contribution is -0.138. The number of carbonyl (C=O) groups excluding carboxylic acids is 2. The predicted octanol–water partition coefficient (Wildman–Crippen LogP) is 0.135. The third-order valence-corrected chi connectivity index (χ3v) is 3.14. The normalized spacial score (nSPS) is 19.3. The van der Waals surface area contributed by atoms with Crippen LogP contribution in [0.15, 0.2) is 0 Å². The van der Waals surface area contributed by atoms with Gasteiger partial charge in [-0.15, -0.1) is 0 Å². The second kappa shape index (κ2) is 5.74. The number of amides is 2. The molecule has 2 N–H and O–H groups in total. The number of hydrogen-bond acceptors (Lipinski definition) is 4. The van der Waals surface area contributed by atoms with Gasteiger partial charge in [0.2, 0.25) is 5.91 Å². The molecule has 90 valence electrons. The average molecular weight is 246 g/mol. The summed E-state index contributed by atoms with van der Waals surface area (Å²) < 4.78 is 0. The standard InChI is InChI=1S/C9H14N2O4S/c1-2-11(4-3-7(12)13)8(14)6-5-16-9(15)10-6/h6H,2-5H2,1H3,(H,10,15)(H,12,13). The molecule has 0 aliphatic carbocycles. The fourth-order valence-corrected chi connectivity index (χ4v) is 2.16. The molecule has 2 amide bonds. The summed E-state index contributed by atoms with van der Waals surface area (Å²) in [5.74, 6) is -0.723. The van der Waals surface area contributed by atoms with E-state index in [1.807, 2.05) is 0 Å². The van der Waals surface area contributed by atoms with Crippen molar-refractivity contribution in [1.29, 1.82) is 0 Å². The number of aliphatic carboxylic acids is 1. The lowest BCUT2D eigenvalue weighted by Crippen LogP contribution is -2.46. The van der Waals surface area contributed by atoms with Crippen LogP contribution in [0.3, 0.4) is 0 Å². The number of carbonyl (C=O) groups is 3. The summed E-state index contributed by atoms with van der Waals surface area (Å²) >= 11 is 1.07. The highest BCUT2D eigenvalue weighted by atomic mass is 32.2. The Labute approximate surface area is 97.4 Å². The van der Waals surface area contributed by atoms with Crippen molar-refractivity contribution in [2.45, 2.75) is 19.4 Å². The van der Waals surface area contributed by atoms with Gasteiger partial charge in [-0.3, -0.25) is 14.4 Å². The molecule has 6 nitrogen and oxygen atoms in total. The monoisotopic (exact) mass is 246 g/mol. The van der Waals surface area contributed by atoms with Crippen molar-refractivity contribution in [3.8, 4) is 0 Å². The number of carboxylic acid groups (broad SMARTS) is 1. The summed E-state index contributed by atoms with van der Waals surface area (Å²) in [6.45, 7) is 2.41. The molecule has 1 saturated heterocycles. The Morgan fingerprint density at radius 2 is 2.31 bits per heavy atom. The van der Waals surface area contributed by atoms with Gasteiger partial charge < -0.3 is 15.3 Å². The number of nitrogens with one attached hydrogen (secondary N) is 1. The molecule has 0 aromatic heterocycles. The van der Waals surface area contributed by atoms with Crippen LogP contribution in [-0.2, 0) is 9.59 Å². The Bertz CT molecular complexity index is 308. The van der Waals surface area contributed by atoms with Gasteiger partial charge in [-0.25, -0.2) is 0 Å². The molecule has 1 aliphatic heterocycles. The summed E-state index contributed by atoms with van der Waals surface area (Å²) in [4.78, 5) is 34.6. The first-order valence-electron chi connectivity index (χ1n) is 4.98. The Morgan fingerprint density at radius 1 is 1.62 bits per heavy atom. The predicted molar refractivity (Wildman–Crippen MR) is 59.3 cm³/mol. The lowest BCUT2D eigenvalue weighted by Gasteiger charge is -2.22. The van der Waals surface area contributed by atoms with Crippen LogP contribution in [0, 0.1) is 0 Å². The van der Waals surface area contributed by atoms with E-state index in [4.69, 9.17) is 5.11 Å². The summed E-state index contributed by atoms with van der Waals surface area (Å²) in [7, 11) is 0. The highest BCUT2D eigenvalue weighted by Gasteiger charge is 2.30. The van der Waals surface area contributed by atoms with E-state index in [1.54, 1.807) is 6.92 Å². The van der Waals surface area contributed by atoms with Crippen molar-refractivity contribution in [3.05, 3.63) is 0 Å². The number of rotatable bonds is 5. The number of carboxylic acids is 1. The van der Waals surface area contributed by atoms with Crippen LogP contribution in [0.1, 0.15) is 13.3 Å². The van der Waals surface area contributed by atoms with Gasteiger partial charge in [0, 0.05) is 18.8 Å². The summed E-state index contributed by atoms with van der Waals surface area (Å²) in [6.07, 6.45) is -0.0760. The third kappa shape index (κ3) is 3.41. The smallest absolute Gasteiger partial charge is 0.305 e. The van der Waals surface area contributed by atoms with Crippen molar-refractivity contribution in [3.63, 3.8) is 0 Å². The molecule has 0 spiro atoms. The van der Waals surface area contributed by atoms with E-state index in [1.165, 1.54) is 4.90 Å². The topological polar surface area (TPSA) is 86.7 Å². The molecule has 0 radical (unpaired) electrons. The van der Waals surface area contributed by atoms with Crippen molar-refractivity contribution in [1.82, 2.24) is 10.2 Å². The summed E-state index contributed by atoms with van der Waals surface area (Å²) in [6, 6.07) is -0.508. The Morgan fingerprint density at radius 3 is 2.75 bits per heavy atom. The molecule has 0 bridgehead atoms. The Balaban J connectivity index is 2.48. The van der Waals surface area contributed by atoms with Gasteiger partial charge in [0.15, 0.2) is 0 Å². The quantitative estimate of drug-likeness (QED) is 0.720. The molecule has 0 saturated carbocycles. The van der Waals surface area contributed by atoms with E-state index in [9.17, 15) is 14.4 Å². The zero-order valence-corrected chi connectivity index (χ0v) is 9.75. The molecule has 1 fully saturated rings. The van der Waals surface area contributed by atoms with E-state index in [0.717, 1.165) is 11.8 Å². The van der Waals surface area contributed by atoms with Crippen LogP contribution < -0.4 is 5.32 Å². The van der Waals surface area contributed by atoms with Gasteiger partial charge in [-0.2, -0.15) is 0 Å². The Hall–Kier alpha value is -1.24. The average Bonchev–Trinajstić information content (AvgIpc) is 2.65. The second-order valence-corrected chi connectivity index (χ2v) is 4.35. The first-order chi connectivity index (χ1) is 7.54. The number of likely N-dealkylation sites (N-methyl/N-ethyl adjacent to an activating group) is 1. The van der Waals surface area contributed by atoms with E-state index in [2.05, 4.69) is 5.32 Å². The molecule has 0 aromatic carbocycles. The highest BCUT2D eigenvalue weighted by Crippen LogP contribution is 2.14. The molecular formula is C9H14N2O4S. The van der Waals surface area contributed by atoms with E-state index < -0.39 is 12.0 Å². The largest absolute Gasteiger partial charge is 0.481 e. The fraction of sp³-hybridized carbons (Fsp3) is 0.667. The number of thioether (sulfide) groups is 1. The van der Waals surface area contributed by atoms with Gasteiger partial charge in [0.05, 0.1) is 6.42 Å². The fourth-order valence-electron chi connectivity index (χ4n) is 1.39. The van der Waals surface area contributed by atoms with Crippen LogP contribution in [0.25, 0.3) is 0 Å². The summed E-state index contributed by atoms with van der Waals surface area (Å²) in [5.41, 5.74) is 0.